The zero-order chi connectivity index (χ0) is 17.6. The van der Waals surface area contributed by atoms with Gasteiger partial charge in [0.1, 0.15) is 17.9 Å². The molecular weight excluding hydrogens is 338 g/mol. The van der Waals surface area contributed by atoms with Crippen LogP contribution in [0.2, 0.25) is 5.02 Å². The number of benzene rings is 2. The summed E-state index contributed by atoms with van der Waals surface area (Å²) < 4.78 is 5.74. The van der Waals surface area contributed by atoms with Crippen molar-refractivity contribution in [1.82, 2.24) is 10.3 Å². The van der Waals surface area contributed by atoms with Gasteiger partial charge in [-0.25, -0.2) is 4.79 Å². The van der Waals surface area contributed by atoms with Gasteiger partial charge >= 0.3 is 6.03 Å². The largest absolute Gasteiger partial charge is 0.489 e. The van der Waals surface area contributed by atoms with Crippen molar-refractivity contribution in [3.63, 3.8) is 0 Å². The van der Waals surface area contributed by atoms with Crippen LogP contribution in [0.15, 0.2) is 54.7 Å². The number of hydrogen-bond donors (Lipinski definition) is 2. The van der Waals surface area contributed by atoms with Crippen LogP contribution in [0.4, 0.5) is 10.5 Å². The molecule has 2 amide bonds. The second-order valence-electron chi connectivity index (χ2n) is 5.47. The Bertz CT molecular complexity index is 893. The van der Waals surface area contributed by atoms with Crippen molar-refractivity contribution in [3.8, 4) is 5.75 Å². The molecule has 0 aliphatic carbocycles. The summed E-state index contributed by atoms with van der Waals surface area (Å²) in [6, 6.07) is 14.7. The molecule has 0 spiro atoms. The third kappa shape index (κ3) is 4.19. The second-order valence-corrected chi connectivity index (χ2v) is 5.88. The summed E-state index contributed by atoms with van der Waals surface area (Å²) in [5, 5.41) is 7.17. The molecule has 5 nitrogen and oxygen atoms in total. The number of hydrogen-bond acceptors (Lipinski definition) is 3. The first-order valence-electron chi connectivity index (χ1n) is 7.91. The molecule has 0 bridgehead atoms. The molecule has 0 saturated carbocycles. The van der Waals surface area contributed by atoms with Crippen LogP contribution in [0.5, 0.6) is 5.75 Å². The normalized spacial score (nSPS) is 10.5. The average Bonchev–Trinajstić information content (AvgIpc) is 2.63. The summed E-state index contributed by atoms with van der Waals surface area (Å²) in [7, 11) is 0. The van der Waals surface area contributed by atoms with Crippen molar-refractivity contribution in [2.24, 2.45) is 0 Å². The van der Waals surface area contributed by atoms with Gasteiger partial charge in [0, 0.05) is 22.3 Å². The Morgan fingerprint density at radius 3 is 2.84 bits per heavy atom. The Hall–Kier alpha value is -2.79. The van der Waals surface area contributed by atoms with Crippen molar-refractivity contribution in [2.75, 3.05) is 18.5 Å². The lowest BCUT2D eigenvalue weighted by molar-refractivity contribution is 0.247. The summed E-state index contributed by atoms with van der Waals surface area (Å²) in [6.45, 7) is 2.57. The molecule has 1 aromatic heterocycles. The van der Waals surface area contributed by atoms with E-state index in [2.05, 4.69) is 15.6 Å². The van der Waals surface area contributed by atoms with E-state index in [1.807, 2.05) is 37.3 Å². The number of carbonyl (C=O) groups excluding carboxylic acids is 1. The van der Waals surface area contributed by atoms with Crippen LogP contribution in [0, 0.1) is 6.92 Å². The van der Waals surface area contributed by atoms with Crippen molar-refractivity contribution in [2.45, 2.75) is 6.92 Å². The molecular formula is C19H18ClN3O2. The van der Waals surface area contributed by atoms with Crippen LogP contribution >= 0.6 is 11.6 Å². The van der Waals surface area contributed by atoms with Crippen LogP contribution < -0.4 is 15.4 Å². The fourth-order valence-corrected chi connectivity index (χ4v) is 2.60. The van der Waals surface area contributed by atoms with E-state index in [0.29, 0.717) is 29.6 Å². The van der Waals surface area contributed by atoms with Crippen molar-refractivity contribution < 1.29 is 9.53 Å². The maximum atomic E-state index is 12.0. The Kier molecular flexibility index (Phi) is 5.36. The van der Waals surface area contributed by atoms with E-state index in [9.17, 15) is 4.79 Å². The smallest absolute Gasteiger partial charge is 0.319 e. The van der Waals surface area contributed by atoms with E-state index in [1.165, 1.54) is 0 Å². The minimum Gasteiger partial charge on any atom is -0.489 e. The topological polar surface area (TPSA) is 63.2 Å². The Labute approximate surface area is 151 Å². The summed E-state index contributed by atoms with van der Waals surface area (Å²) >= 11 is 6.04. The average molecular weight is 356 g/mol. The van der Waals surface area contributed by atoms with Gasteiger partial charge in [0.15, 0.2) is 0 Å². The minimum absolute atomic E-state index is 0.301. The maximum Gasteiger partial charge on any atom is 0.319 e. The summed E-state index contributed by atoms with van der Waals surface area (Å²) in [5.41, 5.74) is 2.32. The van der Waals surface area contributed by atoms with Crippen LogP contribution in [0.3, 0.4) is 0 Å². The van der Waals surface area contributed by atoms with Crippen molar-refractivity contribution >= 4 is 34.2 Å². The van der Waals surface area contributed by atoms with Crippen molar-refractivity contribution in [3.05, 3.63) is 65.3 Å². The number of amides is 2. The molecule has 0 saturated heterocycles. The molecule has 1 heterocycles. The Balaban J connectivity index is 1.51. The number of aromatic nitrogens is 1. The molecule has 0 radical (unpaired) electrons. The van der Waals surface area contributed by atoms with Crippen LogP contribution in [0.1, 0.15) is 5.56 Å². The SMILES string of the molecule is Cc1c(Cl)cccc1NC(=O)NCCOc1cccc2cccnc12. The highest BCUT2D eigenvalue weighted by Gasteiger charge is 2.07. The Morgan fingerprint density at radius 1 is 1.16 bits per heavy atom. The van der Waals surface area contributed by atoms with Gasteiger partial charge < -0.3 is 15.4 Å². The number of halogens is 1. The van der Waals surface area contributed by atoms with Crippen LogP contribution in [-0.2, 0) is 0 Å². The number of urea groups is 1. The minimum atomic E-state index is -0.301. The molecule has 0 aliphatic rings. The predicted molar refractivity (Wildman–Crippen MR) is 100 cm³/mol. The third-order valence-electron chi connectivity index (χ3n) is 3.76. The number of rotatable bonds is 5. The molecule has 3 aromatic rings. The number of nitrogens with zero attached hydrogens (tertiary/aromatic N) is 1. The first-order valence-corrected chi connectivity index (χ1v) is 8.29. The summed E-state index contributed by atoms with van der Waals surface area (Å²) in [4.78, 5) is 16.3. The molecule has 0 unspecified atom stereocenters. The van der Waals surface area contributed by atoms with E-state index in [1.54, 1.807) is 24.4 Å². The zero-order valence-corrected chi connectivity index (χ0v) is 14.5. The van der Waals surface area contributed by atoms with E-state index >= 15 is 0 Å². The molecule has 2 N–H and O–H groups in total. The van der Waals surface area contributed by atoms with Crippen LogP contribution in [-0.4, -0.2) is 24.2 Å². The van der Waals surface area contributed by atoms with E-state index < -0.39 is 0 Å². The van der Waals surface area contributed by atoms with Gasteiger partial charge in [-0.05, 0) is 36.8 Å². The van der Waals surface area contributed by atoms with Gasteiger partial charge in [0.05, 0.1) is 6.54 Å². The number of pyridine rings is 1. The van der Waals surface area contributed by atoms with E-state index in [4.69, 9.17) is 16.3 Å². The maximum absolute atomic E-state index is 12.0. The highest BCUT2D eigenvalue weighted by atomic mass is 35.5. The number of carbonyl (C=O) groups is 1. The molecule has 3 rings (SSSR count). The second kappa shape index (κ2) is 7.85. The predicted octanol–water partition coefficient (Wildman–Crippen LogP) is 4.40. The first kappa shape index (κ1) is 17.0. The number of anilines is 1. The highest BCUT2D eigenvalue weighted by molar-refractivity contribution is 6.31. The fourth-order valence-electron chi connectivity index (χ4n) is 2.43. The van der Waals surface area contributed by atoms with E-state index in [0.717, 1.165) is 16.5 Å². The zero-order valence-electron chi connectivity index (χ0n) is 13.8. The number of fused-ring (bicyclic) bond motifs is 1. The molecule has 0 aliphatic heterocycles. The lowest BCUT2D eigenvalue weighted by Crippen LogP contribution is -2.32. The van der Waals surface area contributed by atoms with E-state index in [-0.39, 0.29) is 6.03 Å². The molecule has 6 heteroatoms. The Morgan fingerprint density at radius 2 is 1.96 bits per heavy atom. The fraction of sp³-hybridized carbons (Fsp3) is 0.158. The number of nitrogens with one attached hydrogen (secondary N) is 2. The lowest BCUT2D eigenvalue weighted by Gasteiger charge is -2.12. The molecule has 0 fully saturated rings. The van der Waals surface area contributed by atoms with Gasteiger partial charge in [-0.15, -0.1) is 0 Å². The highest BCUT2D eigenvalue weighted by Crippen LogP contribution is 2.23. The van der Waals surface area contributed by atoms with Crippen LogP contribution in [0.25, 0.3) is 10.9 Å². The van der Waals surface area contributed by atoms with Crippen molar-refractivity contribution in [1.29, 1.82) is 0 Å². The summed E-state index contributed by atoms with van der Waals surface area (Å²) in [5.74, 6) is 0.700. The summed E-state index contributed by atoms with van der Waals surface area (Å²) in [6.07, 6.45) is 1.73. The van der Waals surface area contributed by atoms with Gasteiger partial charge in [-0.1, -0.05) is 35.9 Å². The van der Waals surface area contributed by atoms with Gasteiger partial charge in [0.2, 0.25) is 0 Å². The molecule has 0 atom stereocenters. The van der Waals surface area contributed by atoms with Gasteiger partial charge in [-0.2, -0.15) is 0 Å². The molecule has 128 valence electrons. The third-order valence-corrected chi connectivity index (χ3v) is 4.17. The first-order chi connectivity index (χ1) is 12.1. The molecule has 2 aromatic carbocycles. The number of ether oxygens (including phenoxy) is 1. The standard InChI is InChI=1S/C19H18ClN3O2/c1-13-15(20)7-3-8-16(13)23-19(24)22-11-12-25-17-9-2-5-14-6-4-10-21-18(14)17/h2-10H,11-12H2,1H3,(H2,22,23,24). The van der Waals surface area contributed by atoms with Gasteiger partial charge in [0.25, 0.3) is 0 Å². The monoisotopic (exact) mass is 355 g/mol. The number of para-hydroxylation sites is 1. The quantitative estimate of drug-likeness (QED) is 0.667. The lowest BCUT2D eigenvalue weighted by atomic mass is 10.2. The van der Waals surface area contributed by atoms with Gasteiger partial charge in [-0.3, -0.25) is 4.98 Å². The molecule has 25 heavy (non-hydrogen) atoms.